The van der Waals surface area contributed by atoms with E-state index in [1.807, 2.05) is 6.92 Å². The van der Waals surface area contributed by atoms with E-state index in [0.29, 0.717) is 6.42 Å². The first-order valence-electron chi connectivity index (χ1n) is 5.51. The van der Waals surface area contributed by atoms with Crippen LogP contribution in [0.2, 0.25) is 0 Å². The Kier molecular flexibility index (Phi) is 3.85. The molecule has 0 bridgehead atoms. The largest absolute Gasteiger partial charge is 0.481 e. The van der Waals surface area contributed by atoms with Gasteiger partial charge in [-0.15, -0.1) is 0 Å². The number of hydrogen-bond acceptors (Lipinski definition) is 4. The number of carbonyl (C=O) groups is 1. The zero-order valence-electron chi connectivity index (χ0n) is 10.9. The van der Waals surface area contributed by atoms with Crippen LogP contribution in [0, 0.1) is 5.41 Å². The van der Waals surface area contributed by atoms with Crippen LogP contribution in [-0.2, 0) is 14.6 Å². The fraction of sp³-hybridized carbons (Fsp3) is 0.636. The van der Waals surface area contributed by atoms with Gasteiger partial charge in [-0.25, -0.2) is 8.42 Å². The number of rotatable bonds is 5. The van der Waals surface area contributed by atoms with Crippen molar-refractivity contribution < 1.29 is 18.3 Å². The number of sulfone groups is 1. The van der Waals surface area contributed by atoms with E-state index < -0.39 is 21.2 Å². The molecular weight excluding hydrogens is 256 g/mol. The van der Waals surface area contributed by atoms with E-state index in [9.17, 15) is 13.2 Å². The van der Waals surface area contributed by atoms with Gasteiger partial charge in [0.05, 0.1) is 17.7 Å². The first kappa shape index (κ1) is 14.7. The molecule has 102 valence electrons. The van der Waals surface area contributed by atoms with Crippen LogP contribution < -0.4 is 0 Å². The van der Waals surface area contributed by atoms with E-state index in [-0.39, 0.29) is 10.9 Å². The lowest BCUT2D eigenvalue weighted by Crippen LogP contribution is -2.27. The topological polar surface area (TPSA) is 89.3 Å². The van der Waals surface area contributed by atoms with Crippen LogP contribution in [0.5, 0.6) is 0 Å². The third-order valence-corrected chi connectivity index (χ3v) is 3.91. The fourth-order valence-corrected chi connectivity index (χ4v) is 2.21. The number of nitrogens with zero attached hydrogens (tertiary/aromatic N) is 2. The Morgan fingerprint density at radius 2 is 2.11 bits per heavy atom. The van der Waals surface area contributed by atoms with Crippen molar-refractivity contribution in [2.75, 3.05) is 6.26 Å². The van der Waals surface area contributed by atoms with Gasteiger partial charge in [0.2, 0.25) is 0 Å². The maximum Gasteiger partial charge on any atom is 0.309 e. The maximum absolute atomic E-state index is 11.3. The van der Waals surface area contributed by atoms with Gasteiger partial charge in [0, 0.05) is 12.5 Å². The molecule has 1 aromatic heterocycles. The lowest BCUT2D eigenvalue weighted by molar-refractivity contribution is -0.147. The summed E-state index contributed by atoms with van der Waals surface area (Å²) in [6, 6.07) is -0.188. The van der Waals surface area contributed by atoms with E-state index in [1.165, 1.54) is 17.1 Å². The Hall–Kier alpha value is -1.37. The molecule has 1 N–H and O–H groups in total. The zero-order chi connectivity index (χ0) is 14.1. The van der Waals surface area contributed by atoms with Crippen molar-refractivity contribution in [3.8, 4) is 0 Å². The molecule has 1 heterocycles. The van der Waals surface area contributed by atoms with Crippen LogP contribution >= 0.6 is 0 Å². The highest BCUT2D eigenvalue weighted by Gasteiger charge is 2.30. The SMILES string of the molecule is CC(CC(C)(C)C(=O)O)n1cc(S(C)(=O)=O)cn1. The van der Waals surface area contributed by atoms with Crippen molar-refractivity contribution in [3.05, 3.63) is 12.4 Å². The second kappa shape index (κ2) is 4.72. The van der Waals surface area contributed by atoms with Crippen LogP contribution in [0.1, 0.15) is 33.2 Å². The van der Waals surface area contributed by atoms with Crippen LogP contribution in [-0.4, -0.2) is 35.5 Å². The third-order valence-electron chi connectivity index (χ3n) is 2.84. The number of aliphatic carboxylic acids is 1. The van der Waals surface area contributed by atoms with Crippen LogP contribution in [0.15, 0.2) is 17.3 Å². The first-order valence-corrected chi connectivity index (χ1v) is 7.41. The van der Waals surface area contributed by atoms with E-state index in [0.717, 1.165) is 6.26 Å². The molecule has 1 aromatic rings. The maximum atomic E-state index is 11.3. The summed E-state index contributed by atoms with van der Waals surface area (Å²) in [6.07, 6.45) is 4.19. The Balaban J connectivity index is 2.90. The molecule has 6 nitrogen and oxygen atoms in total. The van der Waals surface area contributed by atoms with E-state index in [1.54, 1.807) is 13.8 Å². The molecule has 7 heteroatoms. The molecule has 0 aromatic carbocycles. The number of carboxylic acids is 1. The quantitative estimate of drug-likeness (QED) is 0.875. The summed E-state index contributed by atoms with van der Waals surface area (Å²) in [7, 11) is -3.28. The summed E-state index contributed by atoms with van der Waals surface area (Å²) < 4.78 is 24.1. The van der Waals surface area contributed by atoms with Gasteiger partial charge < -0.3 is 5.11 Å². The number of hydrogen-bond donors (Lipinski definition) is 1. The second-order valence-corrected chi connectivity index (χ2v) is 7.19. The minimum absolute atomic E-state index is 0.141. The molecule has 0 aliphatic rings. The van der Waals surface area contributed by atoms with E-state index >= 15 is 0 Å². The zero-order valence-corrected chi connectivity index (χ0v) is 11.7. The number of aromatic nitrogens is 2. The minimum Gasteiger partial charge on any atom is -0.481 e. The molecule has 0 saturated heterocycles. The van der Waals surface area contributed by atoms with Crippen molar-refractivity contribution in [1.29, 1.82) is 0 Å². The second-order valence-electron chi connectivity index (χ2n) is 5.17. The molecule has 0 amide bonds. The first-order chi connectivity index (χ1) is 8.04. The van der Waals surface area contributed by atoms with Gasteiger partial charge in [-0.3, -0.25) is 9.48 Å². The Morgan fingerprint density at radius 3 is 2.50 bits per heavy atom. The van der Waals surface area contributed by atoms with E-state index in [2.05, 4.69) is 5.10 Å². The molecule has 18 heavy (non-hydrogen) atoms. The molecule has 0 fully saturated rings. The molecule has 0 aliphatic heterocycles. The highest BCUT2D eigenvalue weighted by atomic mass is 32.2. The Bertz CT molecular complexity index is 545. The van der Waals surface area contributed by atoms with Crippen molar-refractivity contribution >= 4 is 15.8 Å². The predicted molar refractivity (Wildman–Crippen MR) is 66.1 cm³/mol. The van der Waals surface area contributed by atoms with Gasteiger partial charge in [-0.2, -0.15) is 5.10 Å². The monoisotopic (exact) mass is 274 g/mol. The molecule has 1 rings (SSSR count). The summed E-state index contributed by atoms with van der Waals surface area (Å²) in [4.78, 5) is 11.2. The Morgan fingerprint density at radius 1 is 1.56 bits per heavy atom. The molecule has 0 aliphatic carbocycles. The summed E-state index contributed by atoms with van der Waals surface area (Å²) >= 11 is 0. The van der Waals surface area contributed by atoms with Crippen molar-refractivity contribution in [2.24, 2.45) is 5.41 Å². The lowest BCUT2D eigenvalue weighted by atomic mass is 9.86. The Labute approximate surface area is 107 Å². The summed E-state index contributed by atoms with van der Waals surface area (Å²) in [6.45, 7) is 5.07. The third kappa shape index (κ3) is 3.32. The highest BCUT2D eigenvalue weighted by molar-refractivity contribution is 7.90. The summed E-state index contributed by atoms with van der Waals surface area (Å²) in [5.74, 6) is -0.884. The smallest absolute Gasteiger partial charge is 0.309 e. The number of carboxylic acid groups (broad SMARTS) is 1. The van der Waals surface area contributed by atoms with Gasteiger partial charge in [-0.05, 0) is 27.2 Å². The van der Waals surface area contributed by atoms with Crippen molar-refractivity contribution in [1.82, 2.24) is 9.78 Å². The lowest BCUT2D eigenvalue weighted by Gasteiger charge is -2.23. The van der Waals surface area contributed by atoms with E-state index in [4.69, 9.17) is 5.11 Å². The minimum atomic E-state index is -3.28. The molecule has 1 unspecified atom stereocenters. The van der Waals surface area contributed by atoms with Gasteiger partial charge in [0.1, 0.15) is 4.90 Å². The molecule has 0 spiro atoms. The van der Waals surface area contributed by atoms with Crippen LogP contribution in [0.4, 0.5) is 0 Å². The average molecular weight is 274 g/mol. The predicted octanol–water partition coefficient (Wildman–Crippen LogP) is 1.35. The van der Waals surface area contributed by atoms with Crippen LogP contribution in [0.25, 0.3) is 0 Å². The van der Waals surface area contributed by atoms with Crippen LogP contribution in [0.3, 0.4) is 0 Å². The van der Waals surface area contributed by atoms with Gasteiger partial charge in [0.25, 0.3) is 0 Å². The van der Waals surface area contributed by atoms with Gasteiger partial charge in [-0.1, -0.05) is 0 Å². The fourth-order valence-electron chi connectivity index (χ4n) is 1.67. The summed E-state index contributed by atoms with van der Waals surface area (Å²) in [5, 5.41) is 13.0. The van der Waals surface area contributed by atoms with Gasteiger partial charge >= 0.3 is 5.97 Å². The van der Waals surface area contributed by atoms with Crippen molar-refractivity contribution in [2.45, 2.75) is 38.1 Å². The summed E-state index contributed by atoms with van der Waals surface area (Å²) in [5.41, 5.74) is -0.878. The molecule has 0 radical (unpaired) electrons. The highest BCUT2D eigenvalue weighted by Crippen LogP contribution is 2.28. The normalized spacial score (nSPS) is 14.4. The molecule has 0 saturated carbocycles. The average Bonchev–Trinajstić information content (AvgIpc) is 2.64. The molecular formula is C11H18N2O4S. The standard InChI is InChI=1S/C11H18N2O4S/c1-8(5-11(2,3)10(14)15)13-7-9(6-12-13)18(4,16)17/h6-8H,5H2,1-4H3,(H,14,15). The molecule has 1 atom stereocenters. The van der Waals surface area contributed by atoms with Gasteiger partial charge in [0.15, 0.2) is 9.84 Å². The van der Waals surface area contributed by atoms with Crippen molar-refractivity contribution in [3.63, 3.8) is 0 Å².